The average Bonchev–Trinajstić information content (AvgIpc) is 2.16. The first-order chi connectivity index (χ1) is 7.49. The highest BCUT2D eigenvalue weighted by Gasteiger charge is 2.11. The molecule has 16 heavy (non-hydrogen) atoms. The third kappa shape index (κ3) is 4.19. The van der Waals surface area contributed by atoms with Crippen LogP contribution in [0.4, 0.5) is 5.82 Å². The number of nitrogens with two attached hydrogens (primary N) is 1. The number of pyridine rings is 1. The Morgan fingerprint density at radius 1 is 1.31 bits per heavy atom. The van der Waals surface area contributed by atoms with Crippen molar-refractivity contribution in [2.75, 3.05) is 12.8 Å². The van der Waals surface area contributed by atoms with E-state index < -0.39 is 0 Å². The van der Waals surface area contributed by atoms with Crippen molar-refractivity contribution in [2.45, 2.75) is 39.8 Å². The molecule has 0 aliphatic rings. The monoisotopic (exact) mass is 221 g/mol. The lowest BCUT2D eigenvalue weighted by Gasteiger charge is -2.25. The molecule has 1 unspecified atom stereocenters. The summed E-state index contributed by atoms with van der Waals surface area (Å²) in [4.78, 5) is 6.63. The molecule has 3 nitrogen and oxygen atoms in total. The molecule has 0 bridgehead atoms. The summed E-state index contributed by atoms with van der Waals surface area (Å²) in [5.74, 6) is 1.33. The SMILES string of the molecule is CC(C)CC(C)N(C)Cc1cccc(N)n1. The summed E-state index contributed by atoms with van der Waals surface area (Å²) in [5.41, 5.74) is 6.70. The van der Waals surface area contributed by atoms with Crippen LogP contribution in [0.2, 0.25) is 0 Å². The molecule has 2 N–H and O–H groups in total. The minimum absolute atomic E-state index is 0.572. The maximum Gasteiger partial charge on any atom is 0.123 e. The van der Waals surface area contributed by atoms with Crippen LogP contribution in [0, 0.1) is 5.92 Å². The summed E-state index contributed by atoms with van der Waals surface area (Å²) in [5, 5.41) is 0. The normalized spacial score (nSPS) is 13.4. The van der Waals surface area contributed by atoms with Crippen LogP contribution in [-0.4, -0.2) is 23.0 Å². The highest BCUT2D eigenvalue weighted by atomic mass is 15.1. The Balaban J connectivity index is 2.53. The van der Waals surface area contributed by atoms with Gasteiger partial charge in [-0.15, -0.1) is 0 Å². The minimum atomic E-state index is 0.572. The van der Waals surface area contributed by atoms with E-state index >= 15 is 0 Å². The Labute approximate surface area is 98.7 Å². The molecular weight excluding hydrogens is 198 g/mol. The smallest absolute Gasteiger partial charge is 0.123 e. The molecule has 3 heteroatoms. The molecule has 0 amide bonds. The number of hydrogen-bond donors (Lipinski definition) is 1. The molecule has 1 aromatic heterocycles. The lowest BCUT2D eigenvalue weighted by atomic mass is 10.0. The van der Waals surface area contributed by atoms with Crippen LogP contribution in [0.15, 0.2) is 18.2 Å². The van der Waals surface area contributed by atoms with E-state index in [-0.39, 0.29) is 0 Å². The van der Waals surface area contributed by atoms with E-state index in [1.54, 1.807) is 0 Å². The van der Waals surface area contributed by atoms with Gasteiger partial charge in [0.1, 0.15) is 5.82 Å². The third-order valence-corrected chi connectivity index (χ3v) is 2.80. The van der Waals surface area contributed by atoms with E-state index in [4.69, 9.17) is 5.73 Å². The van der Waals surface area contributed by atoms with E-state index in [0.29, 0.717) is 11.9 Å². The summed E-state index contributed by atoms with van der Waals surface area (Å²) < 4.78 is 0. The highest BCUT2D eigenvalue weighted by Crippen LogP contribution is 2.12. The minimum Gasteiger partial charge on any atom is -0.384 e. The van der Waals surface area contributed by atoms with Gasteiger partial charge in [-0.3, -0.25) is 4.90 Å². The molecule has 1 atom stereocenters. The Kier molecular flexibility index (Phi) is 4.74. The molecule has 0 saturated heterocycles. The van der Waals surface area contributed by atoms with Gasteiger partial charge in [-0.2, -0.15) is 0 Å². The van der Waals surface area contributed by atoms with Crippen molar-refractivity contribution in [2.24, 2.45) is 5.92 Å². The van der Waals surface area contributed by atoms with Crippen molar-refractivity contribution >= 4 is 5.82 Å². The van der Waals surface area contributed by atoms with Crippen molar-refractivity contribution in [3.8, 4) is 0 Å². The zero-order valence-corrected chi connectivity index (χ0v) is 10.8. The molecule has 1 heterocycles. The maximum absolute atomic E-state index is 5.66. The molecule has 1 rings (SSSR count). The fourth-order valence-corrected chi connectivity index (χ4v) is 1.86. The van der Waals surface area contributed by atoms with E-state index in [1.165, 1.54) is 6.42 Å². The third-order valence-electron chi connectivity index (χ3n) is 2.80. The zero-order chi connectivity index (χ0) is 12.1. The Morgan fingerprint density at radius 2 is 2.00 bits per heavy atom. The van der Waals surface area contributed by atoms with Crippen molar-refractivity contribution in [1.82, 2.24) is 9.88 Å². The predicted octanol–water partition coefficient (Wildman–Crippen LogP) is 2.53. The number of anilines is 1. The van der Waals surface area contributed by atoms with Crippen LogP contribution in [0.25, 0.3) is 0 Å². The second kappa shape index (κ2) is 5.85. The van der Waals surface area contributed by atoms with E-state index in [9.17, 15) is 0 Å². The summed E-state index contributed by atoms with van der Waals surface area (Å²) in [7, 11) is 2.14. The first-order valence-corrected chi connectivity index (χ1v) is 5.90. The van der Waals surface area contributed by atoms with Gasteiger partial charge in [-0.25, -0.2) is 4.98 Å². The van der Waals surface area contributed by atoms with Gasteiger partial charge in [-0.05, 0) is 38.4 Å². The summed E-state index contributed by atoms with van der Waals surface area (Å²) in [6.07, 6.45) is 1.21. The highest BCUT2D eigenvalue weighted by molar-refractivity contribution is 5.28. The summed E-state index contributed by atoms with van der Waals surface area (Å²) >= 11 is 0. The molecule has 0 aromatic carbocycles. The molecule has 1 aromatic rings. The summed E-state index contributed by atoms with van der Waals surface area (Å²) in [6.45, 7) is 7.62. The maximum atomic E-state index is 5.66. The lowest BCUT2D eigenvalue weighted by molar-refractivity contribution is 0.218. The van der Waals surface area contributed by atoms with Crippen LogP contribution in [0.5, 0.6) is 0 Å². The molecule has 0 radical (unpaired) electrons. The van der Waals surface area contributed by atoms with E-state index in [0.717, 1.165) is 18.2 Å². The molecule has 0 saturated carbocycles. The molecule has 0 fully saturated rings. The van der Waals surface area contributed by atoms with Gasteiger partial charge in [-0.1, -0.05) is 19.9 Å². The topological polar surface area (TPSA) is 42.1 Å². The standard InChI is InChI=1S/C13H23N3/c1-10(2)8-11(3)16(4)9-12-6-5-7-13(14)15-12/h5-7,10-11H,8-9H2,1-4H3,(H2,14,15). The van der Waals surface area contributed by atoms with Crippen molar-refractivity contribution in [3.63, 3.8) is 0 Å². The van der Waals surface area contributed by atoms with Gasteiger partial charge in [0.25, 0.3) is 0 Å². The predicted molar refractivity (Wildman–Crippen MR) is 69.0 cm³/mol. The average molecular weight is 221 g/mol. The number of nitrogen functional groups attached to an aromatic ring is 1. The molecule has 90 valence electrons. The Bertz CT molecular complexity index is 323. The number of rotatable bonds is 5. The zero-order valence-electron chi connectivity index (χ0n) is 10.8. The Hall–Kier alpha value is -1.09. The summed E-state index contributed by atoms with van der Waals surface area (Å²) in [6, 6.07) is 6.37. The largest absolute Gasteiger partial charge is 0.384 e. The van der Waals surface area contributed by atoms with Crippen LogP contribution < -0.4 is 5.73 Å². The van der Waals surface area contributed by atoms with Crippen LogP contribution in [0.3, 0.4) is 0 Å². The lowest BCUT2D eigenvalue weighted by Crippen LogP contribution is -2.30. The van der Waals surface area contributed by atoms with Crippen molar-refractivity contribution in [3.05, 3.63) is 23.9 Å². The first-order valence-electron chi connectivity index (χ1n) is 5.90. The molecular formula is C13H23N3. The van der Waals surface area contributed by atoms with E-state index in [2.05, 4.69) is 37.7 Å². The fourth-order valence-electron chi connectivity index (χ4n) is 1.86. The van der Waals surface area contributed by atoms with Crippen molar-refractivity contribution in [1.29, 1.82) is 0 Å². The van der Waals surface area contributed by atoms with Gasteiger partial charge in [0.05, 0.1) is 5.69 Å². The number of aromatic nitrogens is 1. The quantitative estimate of drug-likeness (QED) is 0.830. The van der Waals surface area contributed by atoms with E-state index in [1.807, 2.05) is 18.2 Å². The second-order valence-electron chi connectivity index (χ2n) is 4.95. The number of hydrogen-bond acceptors (Lipinski definition) is 3. The van der Waals surface area contributed by atoms with Gasteiger partial charge < -0.3 is 5.73 Å². The van der Waals surface area contributed by atoms with Gasteiger partial charge in [0, 0.05) is 12.6 Å². The second-order valence-corrected chi connectivity index (χ2v) is 4.95. The van der Waals surface area contributed by atoms with Crippen LogP contribution in [-0.2, 0) is 6.54 Å². The van der Waals surface area contributed by atoms with Crippen molar-refractivity contribution < 1.29 is 0 Å². The van der Waals surface area contributed by atoms with Crippen LogP contribution in [0.1, 0.15) is 32.9 Å². The number of nitrogens with zero attached hydrogens (tertiary/aromatic N) is 2. The first kappa shape index (κ1) is 13.0. The fraction of sp³-hybridized carbons (Fsp3) is 0.615. The van der Waals surface area contributed by atoms with Gasteiger partial charge >= 0.3 is 0 Å². The molecule has 0 spiro atoms. The van der Waals surface area contributed by atoms with Gasteiger partial charge in [0.2, 0.25) is 0 Å². The Morgan fingerprint density at radius 3 is 2.56 bits per heavy atom. The van der Waals surface area contributed by atoms with Crippen LogP contribution >= 0.6 is 0 Å². The molecule has 0 aliphatic carbocycles. The van der Waals surface area contributed by atoms with Gasteiger partial charge in [0.15, 0.2) is 0 Å². The molecule has 0 aliphatic heterocycles.